The molecule has 0 atom stereocenters. The van der Waals surface area contributed by atoms with Crippen LogP contribution in [0.25, 0.3) is 0 Å². The number of rotatable bonds is 8. The first-order valence-electron chi connectivity index (χ1n) is 9.56. The number of benzene rings is 3. The average molecular weight is 461 g/mol. The second kappa shape index (κ2) is 8.99. The second-order valence-corrected chi connectivity index (χ2v) is 10.3. The third-order valence-electron chi connectivity index (χ3n) is 4.50. The highest BCUT2D eigenvalue weighted by atomic mass is 32.2. The summed E-state index contributed by atoms with van der Waals surface area (Å²) in [5, 5.41) is 0. The molecule has 2 N–H and O–H groups in total. The zero-order valence-electron chi connectivity index (χ0n) is 17.4. The first-order chi connectivity index (χ1) is 14.6. The minimum atomic E-state index is -3.82. The van der Waals surface area contributed by atoms with Crippen LogP contribution in [0.5, 0.6) is 5.75 Å². The van der Waals surface area contributed by atoms with E-state index in [9.17, 15) is 16.8 Å². The van der Waals surface area contributed by atoms with Gasteiger partial charge in [-0.2, -0.15) is 0 Å². The maximum Gasteiger partial charge on any atom is 0.261 e. The normalized spacial score (nSPS) is 11.7. The number of ether oxygens (including phenoxy) is 1. The van der Waals surface area contributed by atoms with Crippen LogP contribution in [0.15, 0.2) is 76.5 Å². The maximum atomic E-state index is 12.7. The molecule has 0 fully saturated rings. The lowest BCUT2D eigenvalue weighted by Crippen LogP contribution is -2.15. The van der Waals surface area contributed by atoms with Crippen molar-refractivity contribution in [1.82, 2.24) is 0 Å². The zero-order valence-corrected chi connectivity index (χ0v) is 19.0. The van der Waals surface area contributed by atoms with E-state index in [-0.39, 0.29) is 15.5 Å². The first kappa shape index (κ1) is 22.6. The fourth-order valence-corrected chi connectivity index (χ4v) is 5.03. The van der Waals surface area contributed by atoms with Crippen LogP contribution >= 0.6 is 0 Å². The van der Waals surface area contributed by atoms with Gasteiger partial charge in [0.1, 0.15) is 5.75 Å². The van der Waals surface area contributed by atoms with Gasteiger partial charge in [0, 0.05) is 5.69 Å². The van der Waals surface area contributed by atoms with Crippen molar-refractivity contribution in [3.05, 3.63) is 77.9 Å². The van der Waals surface area contributed by atoms with E-state index in [4.69, 9.17) is 4.74 Å². The Labute approximate surface area is 183 Å². The quantitative estimate of drug-likeness (QED) is 0.522. The lowest BCUT2D eigenvalue weighted by atomic mass is 10.1. The monoisotopic (exact) mass is 460 g/mol. The number of aryl methyl sites for hydroxylation is 2. The molecule has 9 heteroatoms. The van der Waals surface area contributed by atoms with Crippen molar-refractivity contribution in [2.75, 3.05) is 16.1 Å². The van der Waals surface area contributed by atoms with Gasteiger partial charge in [-0.3, -0.25) is 9.44 Å². The lowest BCUT2D eigenvalue weighted by molar-refractivity contribution is 0.340. The Morgan fingerprint density at radius 1 is 0.742 bits per heavy atom. The van der Waals surface area contributed by atoms with Gasteiger partial charge in [-0.15, -0.1) is 0 Å². The average Bonchev–Trinajstić information content (AvgIpc) is 2.71. The summed E-state index contributed by atoms with van der Waals surface area (Å²) in [6.45, 7) is 6.02. The van der Waals surface area contributed by atoms with Gasteiger partial charge in [0.05, 0.1) is 22.1 Å². The Morgan fingerprint density at radius 2 is 1.29 bits per heavy atom. The summed E-state index contributed by atoms with van der Waals surface area (Å²) in [5.41, 5.74) is 2.48. The molecular weight excluding hydrogens is 436 g/mol. The highest BCUT2D eigenvalue weighted by molar-refractivity contribution is 7.93. The number of nitrogens with one attached hydrogen (secondary N) is 2. The van der Waals surface area contributed by atoms with Gasteiger partial charge in [-0.25, -0.2) is 16.8 Å². The molecule has 0 aliphatic rings. The summed E-state index contributed by atoms with van der Waals surface area (Å²) in [7, 11) is -7.64. The third kappa shape index (κ3) is 5.56. The van der Waals surface area contributed by atoms with E-state index in [1.807, 2.05) is 32.9 Å². The highest BCUT2D eigenvalue weighted by Crippen LogP contribution is 2.23. The fraction of sp³-hybridized carbons (Fsp3) is 0.182. The van der Waals surface area contributed by atoms with Gasteiger partial charge >= 0.3 is 0 Å². The maximum absolute atomic E-state index is 12.7. The van der Waals surface area contributed by atoms with Crippen LogP contribution in [0.1, 0.15) is 18.1 Å². The predicted octanol–water partition coefficient (Wildman–Crippen LogP) is 4.30. The van der Waals surface area contributed by atoms with E-state index in [0.717, 1.165) is 11.1 Å². The molecule has 0 amide bonds. The Kier molecular flexibility index (Phi) is 6.56. The topological polar surface area (TPSA) is 102 Å². The smallest absolute Gasteiger partial charge is 0.261 e. The van der Waals surface area contributed by atoms with Crippen molar-refractivity contribution in [2.45, 2.75) is 30.6 Å². The molecule has 3 aromatic carbocycles. The molecule has 0 radical (unpaired) electrons. The standard InChI is InChI=1S/C22H24N2O5S2/c1-4-29-19-9-13-21(14-10-19)30(25,26)23-18-7-11-20(12-8-18)31(27,28)24-22-15-16(2)5-6-17(22)3/h5-15,23-24H,4H2,1-3H3. The SMILES string of the molecule is CCOc1ccc(S(=O)(=O)Nc2ccc(S(=O)(=O)Nc3cc(C)ccc3C)cc2)cc1. The molecule has 3 rings (SSSR count). The van der Waals surface area contributed by atoms with E-state index < -0.39 is 20.0 Å². The number of hydrogen-bond donors (Lipinski definition) is 2. The van der Waals surface area contributed by atoms with Crippen molar-refractivity contribution < 1.29 is 21.6 Å². The predicted molar refractivity (Wildman–Crippen MR) is 122 cm³/mol. The summed E-state index contributed by atoms with van der Waals surface area (Å²) >= 11 is 0. The van der Waals surface area contributed by atoms with Crippen molar-refractivity contribution in [3.8, 4) is 5.75 Å². The van der Waals surface area contributed by atoms with E-state index in [2.05, 4.69) is 9.44 Å². The van der Waals surface area contributed by atoms with Gasteiger partial charge in [0.2, 0.25) is 0 Å². The molecule has 0 saturated carbocycles. The molecule has 3 aromatic rings. The number of hydrogen-bond acceptors (Lipinski definition) is 5. The van der Waals surface area contributed by atoms with E-state index in [1.165, 1.54) is 36.4 Å². The fourth-order valence-electron chi connectivity index (χ4n) is 2.85. The second-order valence-electron chi connectivity index (χ2n) is 6.96. The van der Waals surface area contributed by atoms with Gasteiger partial charge < -0.3 is 4.74 Å². The van der Waals surface area contributed by atoms with Crippen molar-refractivity contribution in [3.63, 3.8) is 0 Å². The molecule has 0 bridgehead atoms. The molecule has 7 nitrogen and oxygen atoms in total. The van der Waals surface area contributed by atoms with Crippen LogP contribution in [0.3, 0.4) is 0 Å². The van der Waals surface area contributed by atoms with E-state index >= 15 is 0 Å². The molecule has 0 heterocycles. The van der Waals surface area contributed by atoms with Crippen molar-refractivity contribution in [1.29, 1.82) is 0 Å². The summed E-state index contributed by atoms with van der Waals surface area (Å²) in [4.78, 5) is 0.0988. The van der Waals surface area contributed by atoms with E-state index in [1.54, 1.807) is 18.2 Å². The van der Waals surface area contributed by atoms with Gasteiger partial charge in [0.15, 0.2) is 0 Å². The lowest BCUT2D eigenvalue weighted by Gasteiger charge is -2.12. The number of sulfonamides is 2. The van der Waals surface area contributed by atoms with Crippen molar-refractivity contribution in [2.24, 2.45) is 0 Å². The van der Waals surface area contributed by atoms with Crippen LogP contribution in [0, 0.1) is 13.8 Å². The Bertz CT molecular complexity index is 1270. The largest absolute Gasteiger partial charge is 0.494 e. The molecule has 0 spiro atoms. The first-order valence-corrected chi connectivity index (χ1v) is 12.5. The molecule has 164 valence electrons. The number of anilines is 2. The molecular formula is C22H24N2O5S2. The Hall–Kier alpha value is -3.04. The van der Waals surface area contributed by atoms with Crippen LogP contribution in [-0.4, -0.2) is 23.4 Å². The van der Waals surface area contributed by atoms with Crippen LogP contribution < -0.4 is 14.2 Å². The van der Waals surface area contributed by atoms with Crippen LogP contribution in [0.2, 0.25) is 0 Å². The summed E-state index contributed by atoms with van der Waals surface area (Å²) in [6, 6.07) is 17.1. The van der Waals surface area contributed by atoms with Gasteiger partial charge in [-0.1, -0.05) is 12.1 Å². The minimum Gasteiger partial charge on any atom is -0.494 e. The molecule has 31 heavy (non-hydrogen) atoms. The van der Waals surface area contributed by atoms with E-state index in [0.29, 0.717) is 18.0 Å². The van der Waals surface area contributed by atoms with Gasteiger partial charge in [-0.05, 0) is 86.5 Å². The minimum absolute atomic E-state index is 0.0254. The third-order valence-corrected chi connectivity index (χ3v) is 7.28. The Morgan fingerprint density at radius 3 is 1.87 bits per heavy atom. The molecule has 0 aromatic heterocycles. The molecule has 0 saturated heterocycles. The van der Waals surface area contributed by atoms with Crippen LogP contribution in [-0.2, 0) is 20.0 Å². The highest BCUT2D eigenvalue weighted by Gasteiger charge is 2.18. The molecule has 0 aliphatic carbocycles. The zero-order chi connectivity index (χ0) is 22.6. The molecule has 0 aliphatic heterocycles. The summed E-state index contributed by atoms with van der Waals surface area (Å²) in [6.07, 6.45) is 0. The summed E-state index contributed by atoms with van der Waals surface area (Å²) in [5.74, 6) is 0.576. The summed E-state index contributed by atoms with van der Waals surface area (Å²) < 4.78 is 60.9. The molecule has 0 unspecified atom stereocenters. The van der Waals surface area contributed by atoms with Crippen molar-refractivity contribution >= 4 is 31.4 Å². The Balaban J connectivity index is 1.76. The van der Waals surface area contributed by atoms with Gasteiger partial charge in [0.25, 0.3) is 20.0 Å². The van der Waals surface area contributed by atoms with Crippen LogP contribution in [0.4, 0.5) is 11.4 Å².